The van der Waals surface area contributed by atoms with E-state index in [9.17, 15) is 4.79 Å². The molecule has 1 radical (unpaired) electrons. The molecule has 0 atom stereocenters. The number of nitrogens with zero attached hydrogens (tertiary/aromatic N) is 1. The molecule has 0 aliphatic heterocycles. The van der Waals surface area contributed by atoms with Crippen molar-refractivity contribution in [3.05, 3.63) is 66.6 Å². The van der Waals surface area contributed by atoms with Crippen LogP contribution in [-0.4, -0.2) is 30.4 Å². The van der Waals surface area contributed by atoms with E-state index >= 15 is 0 Å². The number of hydrogen-bond acceptors (Lipinski definition) is 4. The fraction of sp³-hybridized carbons (Fsp3) is 0.0909. The van der Waals surface area contributed by atoms with Crippen LogP contribution in [0.15, 0.2) is 60.5 Å². The maximum atomic E-state index is 10.0. The Morgan fingerprint density at radius 2 is 1.86 bits per heavy atom. The van der Waals surface area contributed by atoms with Crippen molar-refractivity contribution in [1.29, 1.82) is 0 Å². The number of rotatable bonds is 1. The van der Waals surface area contributed by atoms with E-state index in [4.69, 9.17) is 5.11 Å². The Balaban J connectivity index is 0.000000246. The monoisotopic (exact) mass is 631 g/mol. The Kier molecular flexibility index (Phi) is 6.49. The van der Waals surface area contributed by atoms with Crippen LogP contribution in [0.5, 0.6) is 0 Å². The van der Waals surface area contributed by atoms with Gasteiger partial charge in [-0.15, -0.1) is 0 Å². The third-order valence-electron chi connectivity index (χ3n) is 4.06. The molecule has 3 aromatic heterocycles. The van der Waals surface area contributed by atoms with Gasteiger partial charge in [0.1, 0.15) is 0 Å². The van der Waals surface area contributed by atoms with Crippen LogP contribution >= 0.6 is 11.3 Å². The van der Waals surface area contributed by atoms with Crippen molar-refractivity contribution in [3.63, 3.8) is 0 Å². The Bertz CT molecular complexity index is 1330. The number of carbonyl (C=O) groups is 1. The first kappa shape index (κ1) is 20.9. The van der Waals surface area contributed by atoms with Gasteiger partial charge in [0.2, 0.25) is 0 Å². The molecule has 3 heterocycles. The quantitative estimate of drug-likeness (QED) is 0.113. The number of benzene rings is 2. The number of fused-ring (bicyclic) bond motifs is 2. The van der Waals surface area contributed by atoms with Gasteiger partial charge in [0, 0.05) is 26.2 Å². The van der Waals surface area contributed by atoms with Crippen LogP contribution in [-0.2, 0) is 24.9 Å². The van der Waals surface area contributed by atoms with E-state index in [0.29, 0.717) is 14.5 Å². The van der Waals surface area contributed by atoms with Gasteiger partial charge in [-0.2, -0.15) is 0 Å². The molecule has 3 nitrogen and oxygen atoms in total. The zero-order valence-corrected chi connectivity index (χ0v) is 20.1. The van der Waals surface area contributed by atoms with E-state index in [0.717, 1.165) is 5.52 Å². The molecule has 0 amide bonds. The van der Waals surface area contributed by atoms with Crippen molar-refractivity contribution in [2.45, 2.75) is 13.8 Å². The molecule has 0 aliphatic rings. The summed E-state index contributed by atoms with van der Waals surface area (Å²) in [6.07, 6.45) is 3.05. The molecular formula is C22H16IrNO2SSe-. The predicted molar refractivity (Wildman–Crippen MR) is 115 cm³/mol. The van der Waals surface area contributed by atoms with Crippen molar-refractivity contribution in [3.8, 4) is 0 Å². The molecule has 0 spiro atoms. The molecule has 0 aliphatic carbocycles. The number of pyridine rings is 1. The first-order valence-electron chi connectivity index (χ1n) is 8.41. The van der Waals surface area contributed by atoms with Crippen LogP contribution in [0.25, 0.3) is 39.6 Å². The van der Waals surface area contributed by atoms with Gasteiger partial charge in [-0.25, -0.2) is 0 Å². The SMILES string of the molecule is CC(=O)/C=C(/C)O.[Ir].[c-]1ccc2[se]c3cccc4sc5cccnc5c1c2c43. The molecule has 1 N–H and O–H groups in total. The normalized spacial score (nSPS) is 11.4. The Hall–Kier alpha value is -1.81. The molecule has 6 heteroatoms. The second-order valence-electron chi connectivity index (χ2n) is 6.17. The Labute approximate surface area is 185 Å². The zero-order chi connectivity index (χ0) is 19.0. The molecule has 0 saturated heterocycles. The summed E-state index contributed by atoms with van der Waals surface area (Å²) >= 11 is 2.25. The van der Waals surface area contributed by atoms with Gasteiger partial charge in [-0.05, 0) is 13.8 Å². The summed E-state index contributed by atoms with van der Waals surface area (Å²) < 4.78 is 5.54. The van der Waals surface area contributed by atoms with Crippen molar-refractivity contribution < 1.29 is 30.0 Å². The first-order valence-corrected chi connectivity index (χ1v) is 10.9. The fourth-order valence-electron chi connectivity index (χ4n) is 3.12. The van der Waals surface area contributed by atoms with Gasteiger partial charge in [0.05, 0.1) is 5.76 Å². The number of ketones is 1. The van der Waals surface area contributed by atoms with Crippen LogP contribution < -0.4 is 0 Å². The van der Waals surface area contributed by atoms with E-state index in [2.05, 4.69) is 47.4 Å². The maximum absolute atomic E-state index is 10.0. The molecule has 28 heavy (non-hydrogen) atoms. The Morgan fingerprint density at radius 3 is 2.57 bits per heavy atom. The Morgan fingerprint density at radius 1 is 1.11 bits per heavy atom. The van der Waals surface area contributed by atoms with E-state index < -0.39 is 0 Å². The number of allylic oxidation sites excluding steroid dienone is 2. The second-order valence-corrected chi connectivity index (χ2v) is 9.53. The van der Waals surface area contributed by atoms with Gasteiger partial charge in [-0.3, -0.25) is 4.79 Å². The standard InChI is InChI=1S/C17H8NSSe.C5H8O2.Ir/c1-4-10-15-13(7-1)20-14-8-2-5-11(16(14)15)19-12-6-3-9-18-17(10)12;1-4(6)3-5(2)7;/h1-3,5-9H;3,6H,1-2H3;/q-1;;/b;4-3-;. The van der Waals surface area contributed by atoms with Gasteiger partial charge in [0.15, 0.2) is 5.78 Å². The van der Waals surface area contributed by atoms with Gasteiger partial charge in [-0.1, -0.05) is 0 Å². The van der Waals surface area contributed by atoms with E-state index in [1.807, 2.05) is 23.6 Å². The molecule has 0 bridgehead atoms. The number of aliphatic hydroxyl groups is 1. The summed E-state index contributed by atoms with van der Waals surface area (Å²) in [5.74, 6) is -0.0625. The van der Waals surface area contributed by atoms with Crippen molar-refractivity contribution in [1.82, 2.24) is 4.98 Å². The van der Waals surface area contributed by atoms with Gasteiger partial charge >= 0.3 is 125 Å². The van der Waals surface area contributed by atoms with Crippen molar-refractivity contribution >= 4 is 71.2 Å². The van der Waals surface area contributed by atoms with Crippen molar-refractivity contribution in [2.24, 2.45) is 0 Å². The average Bonchev–Trinajstić information content (AvgIpc) is 2.93. The molecule has 2 aromatic carbocycles. The second kappa shape index (κ2) is 8.69. The fourth-order valence-corrected chi connectivity index (χ4v) is 6.75. The number of aromatic nitrogens is 1. The summed E-state index contributed by atoms with van der Waals surface area (Å²) in [6.45, 7) is 2.85. The average molecular weight is 630 g/mol. The van der Waals surface area contributed by atoms with Crippen LogP contribution in [0.4, 0.5) is 0 Å². The minimum atomic E-state index is -0.125. The van der Waals surface area contributed by atoms with Gasteiger partial charge in [0.25, 0.3) is 0 Å². The van der Waals surface area contributed by atoms with Crippen LogP contribution in [0, 0.1) is 6.07 Å². The zero-order valence-electron chi connectivity index (χ0n) is 15.1. The molecule has 0 saturated carbocycles. The molecule has 5 aromatic rings. The molecule has 143 valence electrons. The van der Waals surface area contributed by atoms with E-state index in [1.54, 1.807) is 0 Å². The minimum absolute atomic E-state index is 0. The summed E-state index contributed by atoms with van der Waals surface area (Å²) in [4.78, 5) is 14.6. The summed E-state index contributed by atoms with van der Waals surface area (Å²) in [7, 11) is 0. The number of aliphatic hydroxyl groups excluding tert-OH is 1. The first-order chi connectivity index (χ1) is 13.0. The third kappa shape index (κ3) is 3.98. The number of hydrogen-bond donors (Lipinski definition) is 1. The van der Waals surface area contributed by atoms with Crippen LogP contribution in [0.2, 0.25) is 0 Å². The van der Waals surface area contributed by atoms with E-state index in [-0.39, 0.29) is 31.6 Å². The molecule has 5 rings (SSSR count). The van der Waals surface area contributed by atoms with Gasteiger partial charge < -0.3 is 5.11 Å². The topological polar surface area (TPSA) is 50.2 Å². The summed E-state index contributed by atoms with van der Waals surface area (Å²) in [5.41, 5.74) is 1.08. The molecular weight excluding hydrogens is 613 g/mol. The molecule has 0 unspecified atom stereocenters. The van der Waals surface area contributed by atoms with Crippen LogP contribution in [0.3, 0.4) is 0 Å². The summed E-state index contributed by atoms with van der Waals surface area (Å²) in [5, 5.41) is 12.3. The molecule has 0 fully saturated rings. The third-order valence-corrected chi connectivity index (χ3v) is 7.52. The van der Waals surface area contributed by atoms with Crippen molar-refractivity contribution in [2.75, 3.05) is 0 Å². The van der Waals surface area contributed by atoms with E-state index in [1.165, 1.54) is 54.0 Å². The number of carbonyl (C=O) groups excluding carboxylic acids is 1. The predicted octanol–water partition coefficient (Wildman–Crippen LogP) is 5.65. The van der Waals surface area contributed by atoms with Crippen LogP contribution in [0.1, 0.15) is 13.8 Å². The summed E-state index contributed by atoms with van der Waals surface area (Å²) in [6, 6.07) is 18.6.